The topological polar surface area (TPSA) is 62.7 Å². The van der Waals surface area contributed by atoms with E-state index in [1.807, 2.05) is 25.6 Å². The first kappa shape index (κ1) is 17.3. The molecular formula is C20H26N4O. The lowest BCUT2D eigenvalue weighted by Gasteiger charge is -2.09. The average Bonchev–Trinajstić information content (AvgIpc) is 2.96. The summed E-state index contributed by atoms with van der Waals surface area (Å²) >= 11 is 0. The number of hydrogen-bond donors (Lipinski definition) is 2. The van der Waals surface area contributed by atoms with E-state index in [2.05, 4.69) is 48.3 Å². The second-order valence-corrected chi connectivity index (χ2v) is 6.95. The Bertz CT molecular complexity index is 962. The van der Waals surface area contributed by atoms with Gasteiger partial charge in [-0.2, -0.15) is 5.10 Å². The van der Waals surface area contributed by atoms with Crippen LogP contribution in [0.1, 0.15) is 39.3 Å². The molecule has 5 heteroatoms. The van der Waals surface area contributed by atoms with Gasteiger partial charge in [0.15, 0.2) is 0 Å². The minimum Gasteiger partial charge on any atom is -0.358 e. The van der Waals surface area contributed by atoms with Crippen molar-refractivity contribution in [3.63, 3.8) is 0 Å². The van der Waals surface area contributed by atoms with Crippen molar-refractivity contribution in [1.82, 2.24) is 20.1 Å². The molecule has 0 saturated heterocycles. The smallest absolute Gasteiger partial charge is 0.224 e. The number of aromatic amines is 1. The summed E-state index contributed by atoms with van der Waals surface area (Å²) in [4.78, 5) is 15.9. The van der Waals surface area contributed by atoms with Crippen LogP contribution in [0.2, 0.25) is 0 Å². The fourth-order valence-electron chi connectivity index (χ4n) is 3.42. The van der Waals surface area contributed by atoms with Gasteiger partial charge < -0.3 is 10.3 Å². The van der Waals surface area contributed by atoms with Gasteiger partial charge in [-0.1, -0.05) is 11.6 Å². The quantitative estimate of drug-likeness (QED) is 0.767. The van der Waals surface area contributed by atoms with Gasteiger partial charge in [0.05, 0.1) is 17.6 Å². The predicted molar refractivity (Wildman–Crippen MR) is 101 cm³/mol. The molecule has 0 atom stereocenters. The molecule has 1 aromatic carbocycles. The van der Waals surface area contributed by atoms with E-state index in [1.54, 1.807) is 0 Å². The SMILES string of the molecule is Cc1cc(CNC(=O)Cc2c(C)nn(C)c2C)c2[nH]c(C)c(C)c2c1. The normalized spacial score (nSPS) is 11.3. The third kappa shape index (κ3) is 3.18. The molecular weight excluding hydrogens is 312 g/mol. The number of nitrogens with zero attached hydrogens (tertiary/aromatic N) is 2. The van der Waals surface area contributed by atoms with E-state index >= 15 is 0 Å². The van der Waals surface area contributed by atoms with Crippen LogP contribution in [-0.4, -0.2) is 20.7 Å². The molecule has 0 aliphatic heterocycles. The molecule has 3 rings (SSSR count). The highest BCUT2D eigenvalue weighted by Gasteiger charge is 2.14. The number of aromatic nitrogens is 3. The molecule has 2 heterocycles. The Labute approximate surface area is 148 Å². The first-order valence-corrected chi connectivity index (χ1v) is 8.62. The fraction of sp³-hybridized carbons (Fsp3) is 0.400. The maximum atomic E-state index is 12.4. The van der Waals surface area contributed by atoms with E-state index in [0.29, 0.717) is 13.0 Å². The van der Waals surface area contributed by atoms with Crippen LogP contribution >= 0.6 is 0 Å². The van der Waals surface area contributed by atoms with Crippen LogP contribution < -0.4 is 5.32 Å². The van der Waals surface area contributed by atoms with Crippen LogP contribution in [0.5, 0.6) is 0 Å². The minimum atomic E-state index is 0.0221. The van der Waals surface area contributed by atoms with Gasteiger partial charge in [0.25, 0.3) is 0 Å². The average molecular weight is 338 g/mol. The van der Waals surface area contributed by atoms with Gasteiger partial charge in [0, 0.05) is 35.9 Å². The molecule has 2 aromatic heterocycles. The summed E-state index contributed by atoms with van der Waals surface area (Å²) in [7, 11) is 1.91. The maximum absolute atomic E-state index is 12.4. The van der Waals surface area contributed by atoms with Crippen molar-refractivity contribution >= 4 is 16.8 Å². The molecule has 132 valence electrons. The maximum Gasteiger partial charge on any atom is 0.224 e. The number of H-pyrrole nitrogens is 1. The standard InChI is InChI=1S/C20H26N4O/c1-11-7-16(20-17(8-11)12(2)13(3)22-20)10-21-19(25)9-18-14(4)23-24(6)15(18)5/h7-8,22H,9-10H2,1-6H3,(H,21,25). The van der Waals surface area contributed by atoms with Crippen molar-refractivity contribution in [3.8, 4) is 0 Å². The summed E-state index contributed by atoms with van der Waals surface area (Å²) in [5, 5.41) is 8.68. The molecule has 2 N–H and O–H groups in total. The van der Waals surface area contributed by atoms with Gasteiger partial charge in [0.1, 0.15) is 0 Å². The summed E-state index contributed by atoms with van der Waals surface area (Å²) in [6.07, 6.45) is 0.364. The van der Waals surface area contributed by atoms with Crippen LogP contribution in [0.3, 0.4) is 0 Å². The summed E-state index contributed by atoms with van der Waals surface area (Å²) in [6.45, 7) is 10.8. The Kier molecular flexibility index (Phi) is 4.41. The second kappa shape index (κ2) is 6.39. The summed E-state index contributed by atoms with van der Waals surface area (Å²) in [5.41, 5.74) is 8.88. The van der Waals surface area contributed by atoms with Crippen LogP contribution in [0.4, 0.5) is 0 Å². The highest BCUT2D eigenvalue weighted by Crippen LogP contribution is 2.26. The van der Waals surface area contributed by atoms with Crippen molar-refractivity contribution in [1.29, 1.82) is 0 Å². The van der Waals surface area contributed by atoms with E-state index in [-0.39, 0.29) is 5.91 Å². The van der Waals surface area contributed by atoms with Gasteiger partial charge in [-0.15, -0.1) is 0 Å². The van der Waals surface area contributed by atoms with Crippen LogP contribution in [0.25, 0.3) is 10.9 Å². The summed E-state index contributed by atoms with van der Waals surface area (Å²) in [6, 6.07) is 4.33. The first-order chi connectivity index (χ1) is 11.8. The van der Waals surface area contributed by atoms with E-state index in [1.165, 1.54) is 22.2 Å². The Morgan fingerprint density at radius 1 is 1.20 bits per heavy atom. The number of nitrogens with one attached hydrogen (secondary N) is 2. The molecule has 25 heavy (non-hydrogen) atoms. The number of carbonyl (C=O) groups is 1. The molecule has 0 unspecified atom stereocenters. The lowest BCUT2D eigenvalue weighted by molar-refractivity contribution is -0.120. The summed E-state index contributed by atoms with van der Waals surface area (Å²) < 4.78 is 1.83. The Morgan fingerprint density at radius 3 is 2.56 bits per heavy atom. The number of carbonyl (C=O) groups excluding carboxylic acids is 1. The van der Waals surface area contributed by atoms with Crippen molar-refractivity contribution in [2.45, 2.75) is 47.6 Å². The zero-order chi connectivity index (χ0) is 18.3. The van der Waals surface area contributed by atoms with Crippen molar-refractivity contribution in [2.24, 2.45) is 7.05 Å². The van der Waals surface area contributed by atoms with E-state index < -0.39 is 0 Å². The largest absolute Gasteiger partial charge is 0.358 e. The number of benzene rings is 1. The van der Waals surface area contributed by atoms with Crippen molar-refractivity contribution in [3.05, 3.63) is 51.5 Å². The van der Waals surface area contributed by atoms with Gasteiger partial charge in [-0.3, -0.25) is 9.48 Å². The number of hydrogen-bond acceptors (Lipinski definition) is 2. The zero-order valence-corrected chi connectivity index (χ0v) is 15.9. The Hall–Kier alpha value is -2.56. The molecule has 0 bridgehead atoms. The lowest BCUT2D eigenvalue weighted by atomic mass is 10.0. The molecule has 0 saturated carbocycles. The van der Waals surface area contributed by atoms with Crippen LogP contribution in [0, 0.1) is 34.6 Å². The fourth-order valence-corrected chi connectivity index (χ4v) is 3.42. The van der Waals surface area contributed by atoms with Crippen molar-refractivity contribution in [2.75, 3.05) is 0 Å². The third-order valence-corrected chi connectivity index (χ3v) is 5.12. The molecule has 0 aliphatic carbocycles. The lowest BCUT2D eigenvalue weighted by Crippen LogP contribution is -2.25. The molecule has 0 radical (unpaired) electrons. The zero-order valence-electron chi connectivity index (χ0n) is 15.9. The second-order valence-electron chi connectivity index (χ2n) is 6.95. The molecule has 0 fully saturated rings. The minimum absolute atomic E-state index is 0.0221. The molecule has 0 aliphatic rings. The highest BCUT2D eigenvalue weighted by atomic mass is 16.1. The van der Waals surface area contributed by atoms with Gasteiger partial charge in [-0.05, 0) is 51.8 Å². The Balaban J connectivity index is 1.78. The monoisotopic (exact) mass is 338 g/mol. The highest BCUT2D eigenvalue weighted by molar-refractivity contribution is 5.88. The van der Waals surface area contributed by atoms with E-state index in [0.717, 1.165) is 28.0 Å². The van der Waals surface area contributed by atoms with Crippen molar-refractivity contribution < 1.29 is 4.79 Å². The van der Waals surface area contributed by atoms with Crippen LogP contribution in [-0.2, 0) is 24.8 Å². The van der Waals surface area contributed by atoms with Gasteiger partial charge >= 0.3 is 0 Å². The van der Waals surface area contributed by atoms with Gasteiger partial charge in [0.2, 0.25) is 5.91 Å². The molecule has 0 spiro atoms. The van der Waals surface area contributed by atoms with Crippen LogP contribution in [0.15, 0.2) is 12.1 Å². The Morgan fingerprint density at radius 2 is 1.92 bits per heavy atom. The van der Waals surface area contributed by atoms with Gasteiger partial charge in [-0.25, -0.2) is 0 Å². The number of amides is 1. The summed E-state index contributed by atoms with van der Waals surface area (Å²) in [5.74, 6) is 0.0221. The van der Waals surface area contributed by atoms with E-state index in [4.69, 9.17) is 0 Å². The molecule has 3 aromatic rings. The molecule has 1 amide bonds. The third-order valence-electron chi connectivity index (χ3n) is 5.12. The first-order valence-electron chi connectivity index (χ1n) is 8.62. The predicted octanol–water partition coefficient (Wildman–Crippen LogP) is 3.30. The number of rotatable bonds is 4. The number of fused-ring (bicyclic) bond motifs is 1. The number of aryl methyl sites for hydroxylation is 5. The van der Waals surface area contributed by atoms with E-state index in [9.17, 15) is 4.79 Å². The molecule has 5 nitrogen and oxygen atoms in total.